The number of hydrogen-bond acceptors (Lipinski definition) is 5. The van der Waals surface area contributed by atoms with Gasteiger partial charge in [-0.05, 0) is 36.8 Å². The van der Waals surface area contributed by atoms with Gasteiger partial charge in [-0.15, -0.1) is 0 Å². The molecule has 0 N–H and O–H groups in total. The first-order valence-electron chi connectivity index (χ1n) is 9.68. The van der Waals surface area contributed by atoms with E-state index < -0.39 is 17.7 Å². The average molecular weight is 460 g/mol. The Kier molecular flexibility index (Phi) is 6.01. The van der Waals surface area contributed by atoms with Gasteiger partial charge in [-0.25, -0.2) is 9.78 Å². The maximum Gasteiger partial charge on any atom is 0.416 e. The number of hydrogen-bond donors (Lipinski definition) is 0. The van der Waals surface area contributed by atoms with Gasteiger partial charge in [-0.2, -0.15) is 13.2 Å². The van der Waals surface area contributed by atoms with Crippen LogP contribution in [0.15, 0.2) is 64.2 Å². The molecular formula is C23H19F3N2O3S. The molecule has 0 radical (unpaired) electrons. The second kappa shape index (κ2) is 8.74. The molecule has 2 heterocycles. The number of esters is 1. The third kappa shape index (κ3) is 4.52. The number of aryl methyl sites for hydroxylation is 1. The number of carbonyl (C=O) groups excluding carboxylic acids is 1. The smallest absolute Gasteiger partial charge is 0.416 e. The Balaban J connectivity index is 1.68. The van der Waals surface area contributed by atoms with Crippen LogP contribution in [0.2, 0.25) is 0 Å². The highest BCUT2D eigenvalue weighted by Crippen LogP contribution is 2.34. The minimum Gasteiger partial charge on any atom is -0.465 e. The first-order chi connectivity index (χ1) is 15.3. The summed E-state index contributed by atoms with van der Waals surface area (Å²) in [7, 11) is 1.30. The third-order valence-electron chi connectivity index (χ3n) is 4.94. The highest BCUT2D eigenvalue weighted by atomic mass is 32.2. The van der Waals surface area contributed by atoms with Crippen molar-refractivity contribution in [2.24, 2.45) is 0 Å². The first-order valence-corrected chi connectivity index (χ1v) is 10.7. The van der Waals surface area contributed by atoms with Crippen LogP contribution in [0.4, 0.5) is 13.2 Å². The fourth-order valence-corrected chi connectivity index (χ4v) is 4.27. The van der Waals surface area contributed by atoms with Gasteiger partial charge in [-0.3, -0.25) is 0 Å². The number of ether oxygens (including phenoxy) is 1. The molecule has 9 heteroatoms. The first kappa shape index (κ1) is 22.0. The van der Waals surface area contributed by atoms with E-state index in [1.165, 1.54) is 24.9 Å². The number of rotatable bonds is 6. The standard InChI is InChI=1S/C23H19F3N2O3S/c1-14-18(21(29)30-2)11-17(31-14)13-32-22-27-19-10-16(23(24,25)26)8-9-20(19)28(22)12-15-6-4-3-5-7-15/h3-11H,12-13H2,1-2H3. The fourth-order valence-electron chi connectivity index (χ4n) is 3.38. The SMILES string of the molecule is COC(=O)c1cc(CSc2nc3cc(C(F)(F)F)ccc3n2Cc2ccccc2)oc1C. The Bertz CT molecular complexity index is 1260. The van der Waals surface area contributed by atoms with Gasteiger partial charge in [0.15, 0.2) is 5.16 Å². The van der Waals surface area contributed by atoms with E-state index in [-0.39, 0.29) is 5.52 Å². The van der Waals surface area contributed by atoms with Crippen LogP contribution in [-0.4, -0.2) is 22.6 Å². The number of furan rings is 1. The molecule has 0 amide bonds. The zero-order valence-corrected chi connectivity index (χ0v) is 18.1. The van der Waals surface area contributed by atoms with E-state index in [1.807, 2.05) is 34.9 Å². The number of halogens is 3. The van der Waals surface area contributed by atoms with Crippen LogP contribution < -0.4 is 0 Å². The van der Waals surface area contributed by atoms with Gasteiger partial charge < -0.3 is 13.7 Å². The molecule has 0 saturated heterocycles. The Morgan fingerprint density at radius 2 is 1.91 bits per heavy atom. The van der Waals surface area contributed by atoms with Crippen molar-refractivity contribution in [3.63, 3.8) is 0 Å². The Morgan fingerprint density at radius 3 is 2.59 bits per heavy atom. The quantitative estimate of drug-likeness (QED) is 0.258. The van der Waals surface area contributed by atoms with E-state index in [9.17, 15) is 18.0 Å². The highest BCUT2D eigenvalue weighted by Gasteiger charge is 2.31. The van der Waals surface area contributed by atoms with E-state index in [4.69, 9.17) is 9.15 Å². The molecule has 0 aliphatic rings. The summed E-state index contributed by atoms with van der Waals surface area (Å²) in [6.07, 6.45) is -4.44. The number of fused-ring (bicyclic) bond motifs is 1. The summed E-state index contributed by atoms with van der Waals surface area (Å²) >= 11 is 1.32. The molecule has 2 aromatic carbocycles. The minimum atomic E-state index is -4.44. The number of imidazole rings is 1. The molecule has 166 valence electrons. The molecule has 0 aliphatic carbocycles. The molecule has 0 spiro atoms. The van der Waals surface area contributed by atoms with Gasteiger partial charge in [0.25, 0.3) is 0 Å². The van der Waals surface area contributed by atoms with Gasteiger partial charge in [0, 0.05) is 0 Å². The highest BCUT2D eigenvalue weighted by molar-refractivity contribution is 7.98. The van der Waals surface area contributed by atoms with E-state index in [2.05, 4.69) is 4.98 Å². The van der Waals surface area contributed by atoms with E-state index in [0.29, 0.717) is 40.1 Å². The monoisotopic (exact) mass is 460 g/mol. The van der Waals surface area contributed by atoms with Crippen LogP contribution in [0.3, 0.4) is 0 Å². The molecule has 5 nitrogen and oxygen atoms in total. The molecule has 0 bridgehead atoms. The van der Waals surface area contributed by atoms with Crippen LogP contribution in [-0.2, 0) is 23.2 Å². The van der Waals surface area contributed by atoms with Crippen LogP contribution >= 0.6 is 11.8 Å². The van der Waals surface area contributed by atoms with Crippen LogP contribution in [0, 0.1) is 6.92 Å². The van der Waals surface area contributed by atoms with Gasteiger partial charge in [0.1, 0.15) is 17.1 Å². The lowest BCUT2D eigenvalue weighted by Gasteiger charge is -2.10. The molecule has 32 heavy (non-hydrogen) atoms. The van der Waals surface area contributed by atoms with Crippen LogP contribution in [0.5, 0.6) is 0 Å². The number of aromatic nitrogens is 2. The summed E-state index contributed by atoms with van der Waals surface area (Å²) in [6, 6.07) is 14.8. The summed E-state index contributed by atoms with van der Waals surface area (Å²) < 4.78 is 51.8. The Hall–Kier alpha value is -3.20. The van der Waals surface area contributed by atoms with E-state index in [1.54, 1.807) is 13.0 Å². The van der Waals surface area contributed by atoms with Crippen molar-refractivity contribution in [2.75, 3.05) is 7.11 Å². The van der Waals surface area contributed by atoms with E-state index in [0.717, 1.165) is 17.7 Å². The molecule has 0 unspecified atom stereocenters. The molecule has 0 atom stereocenters. The lowest BCUT2D eigenvalue weighted by Crippen LogP contribution is -2.05. The van der Waals surface area contributed by atoms with Crippen molar-refractivity contribution < 1.29 is 27.1 Å². The number of carbonyl (C=O) groups is 1. The van der Waals surface area contributed by atoms with Crippen LogP contribution in [0.25, 0.3) is 11.0 Å². The molecule has 0 aliphatic heterocycles. The number of thioether (sulfide) groups is 1. The number of methoxy groups -OCH3 is 1. The second-order valence-electron chi connectivity index (χ2n) is 7.13. The van der Waals surface area contributed by atoms with E-state index >= 15 is 0 Å². The van der Waals surface area contributed by atoms with Crippen molar-refractivity contribution in [3.8, 4) is 0 Å². The minimum absolute atomic E-state index is 0.268. The van der Waals surface area contributed by atoms with Gasteiger partial charge in [0.2, 0.25) is 0 Å². The van der Waals surface area contributed by atoms with Gasteiger partial charge in [0.05, 0.1) is 36.0 Å². The largest absolute Gasteiger partial charge is 0.465 e. The summed E-state index contributed by atoms with van der Waals surface area (Å²) in [6.45, 7) is 2.12. The lowest BCUT2D eigenvalue weighted by atomic mass is 10.2. The maximum atomic E-state index is 13.2. The fraction of sp³-hybridized carbons (Fsp3) is 0.217. The zero-order valence-electron chi connectivity index (χ0n) is 17.3. The maximum absolute atomic E-state index is 13.2. The average Bonchev–Trinajstić information content (AvgIpc) is 3.31. The third-order valence-corrected chi connectivity index (χ3v) is 5.94. The molecule has 4 rings (SSSR count). The molecule has 2 aromatic heterocycles. The summed E-state index contributed by atoms with van der Waals surface area (Å²) in [5.74, 6) is 0.850. The predicted molar refractivity (Wildman–Crippen MR) is 115 cm³/mol. The van der Waals surface area contributed by atoms with Crippen molar-refractivity contribution in [2.45, 2.75) is 30.6 Å². The Labute approximate surface area is 186 Å². The van der Waals surface area contributed by atoms with Gasteiger partial charge >= 0.3 is 12.1 Å². The normalized spacial score (nSPS) is 11.8. The zero-order chi connectivity index (χ0) is 22.9. The Morgan fingerprint density at radius 1 is 1.16 bits per heavy atom. The molecular weight excluding hydrogens is 441 g/mol. The lowest BCUT2D eigenvalue weighted by molar-refractivity contribution is -0.137. The van der Waals surface area contributed by atoms with Crippen molar-refractivity contribution in [1.29, 1.82) is 0 Å². The van der Waals surface area contributed by atoms with Gasteiger partial charge in [-0.1, -0.05) is 42.1 Å². The molecule has 0 fully saturated rings. The second-order valence-corrected chi connectivity index (χ2v) is 8.07. The number of nitrogens with zero attached hydrogens (tertiary/aromatic N) is 2. The van der Waals surface area contributed by atoms with Crippen LogP contribution in [0.1, 0.15) is 33.0 Å². The molecule has 0 saturated carbocycles. The number of alkyl halides is 3. The van der Waals surface area contributed by atoms with Crippen molar-refractivity contribution in [3.05, 3.63) is 82.8 Å². The summed E-state index contributed by atoms with van der Waals surface area (Å²) in [4.78, 5) is 16.3. The van der Waals surface area contributed by atoms with Crippen molar-refractivity contribution in [1.82, 2.24) is 9.55 Å². The molecule has 4 aromatic rings. The number of benzene rings is 2. The summed E-state index contributed by atoms with van der Waals surface area (Å²) in [5, 5.41) is 0.553. The predicted octanol–water partition coefficient (Wildman–Crippen LogP) is 6.08. The summed E-state index contributed by atoms with van der Waals surface area (Å²) in [5.41, 5.74) is 1.47. The topological polar surface area (TPSA) is 57.3 Å². The van der Waals surface area contributed by atoms with Crippen molar-refractivity contribution >= 4 is 28.8 Å².